The molecule has 2 fully saturated rings. The van der Waals surface area contributed by atoms with Crippen LogP contribution in [0.25, 0.3) is 11.0 Å². The SMILES string of the molecule is O=C(O)c1oc2ccccc2c1CN1C(=O)C2CC2C1=O. The molecule has 2 atom stereocenters. The molecule has 6 heteroatoms. The number of nitrogens with zero attached hydrogens (tertiary/aromatic N) is 1. The predicted octanol–water partition coefficient (Wildman–Crippen LogP) is 1.64. The highest BCUT2D eigenvalue weighted by molar-refractivity contribution is 6.09. The molecule has 1 saturated carbocycles. The van der Waals surface area contributed by atoms with Gasteiger partial charge in [0.05, 0.1) is 18.4 Å². The molecule has 2 aromatic rings. The first-order chi connectivity index (χ1) is 10.1. The summed E-state index contributed by atoms with van der Waals surface area (Å²) < 4.78 is 5.33. The number of benzene rings is 1. The normalized spacial score (nSPS) is 23.7. The minimum atomic E-state index is -1.20. The number of furan rings is 1. The van der Waals surface area contributed by atoms with Gasteiger partial charge in [0.2, 0.25) is 17.6 Å². The molecule has 0 radical (unpaired) electrons. The zero-order valence-electron chi connectivity index (χ0n) is 10.9. The first-order valence-corrected chi connectivity index (χ1v) is 6.67. The van der Waals surface area contributed by atoms with Crippen LogP contribution < -0.4 is 0 Å². The van der Waals surface area contributed by atoms with Crippen LogP contribution in [-0.4, -0.2) is 27.8 Å². The summed E-state index contributed by atoms with van der Waals surface area (Å²) in [5.74, 6) is -2.20. The summed E-state index contributed by atoms with van der Waals surface area (Å²) in [4.78, 5) is 36.5. The van der Waals surface area contributed by atoms with Crippen molar-refractivity contribution < 1.29 is 23.9 Å². The number of hydrogen-bond acceptors (Lipinski definition) is 4. The summed E-state index contributed by atoms with van der Waals surface area (Å²) in [6.45, 7) is -0.0384. The Labute approximate surface area is 118 Å². The monoisotopic (exact) mass is 285 g/mol. The Morgan fingerprint density at radius 3 is 2.57 bits per heavy atom. The molecule has 4 rings (SSSR count). The number of amides is 2. The molecule has 0 spiro atoms. The Morgan fingerprint density at radius 1 is 1.24 bits per heavy atom. The van der Waals surface area contributed by atoms with Crippen molar-refractivity contribution in [2.75, 3.05) is 0 Å². The number of para-hydroxylation sites is 1. The van der Waals surface area contributed by atoms with E-state index >= 15 is 0 Å². The number of carboxylic acid groups (broad SMARTS) is 1. The highest BCUT2D eigenvalue weighted by atomic mass is 16.4. The number of carboxylic acids is 1. The number of carbonyl (C=O) groups is 3. The Morgan fingerprint density at radius 2 is 1.90 bits per heavy atom. The third-order valence-electron chi connectivity index (χ3n) is 4.17. The number of aromatic carboxylic acids is 1. The van der Waals surface area contributed by atoms with E-state index in [1.54, 1.807) is 24.3 Å². The van der Waals surface area contributed by atoms with Crippen molar-refractivity contribution in [3.8, 4) is 0 Å². The van der Waals surface area contributed by atoms with Gasteiger partial charge in [-0.2, -0.15) is 0 Å². The van der Waals surface area contributed by atoms with E-state index in [0.29, 0.717) is 23.0 Å². The third kappa shape index (κ3) is 1.62. The van der Waals surface area contributed by atoms with E-state index in [-0.39, 0.29) is 36.0 Å². The van der Waals surface area contributed by atoms with Crippen LogP contribution in [0.2, 0.25) is 0 Å². The first-order valence-electron chi connectivity index (χ1n) is 6.67. The predicted molar refractivity (Wildman–Crippen MR) is 70.3 cm³/mol. The van der Waals surface area contributed by atoms with Crippen molar-refractivity contribution in [2.45, 2.75) is 13.0 Å². The van der Waals surface area contributed by atoms with Gasteiger partial charge >= 0.3 is 5.97 Å². The number of rotatable bonds is 3. The second kappa shape index (κ2) is 3.94. The molecule has 1 aliphatic heterocycles. The number of imide groups is 1. The van der Waals surface area contributed by atoms with Crippen LogP contribution in [0.3, 0.4) is 0 Å². The fraction of sp³-hybridized carbons (Fsp3) is 0.267. The Kier molecular flexibility index (Phi) is 2.28. The van der Waals surface area contributed by atoms with Gasteiger partial charge in [0.15, 0.2) is 0 Å². The number of hydrogen-bond donors (Lipinski definition) is 1. The lowest BCUT2D eigenvalue weighted by atomic mass is 10.1. The molecule has 21 heavy (non-hydrogen) atoms. The lowest BCUT2D eigenvalue weighted by molar-refractivity contribution is -0.142. The van der Waals surface area contributed by atoms with E-state index < -0.39 is 5.97 Å². The lowest BCUT2D eigenvalue weighted by Crippen LogP contribution is -2.32. The van der Waals surface area contributed by atoms with Gasteiger partial charge < -0.3 is 9.52 Å². The molecule has 2 amide bonds. The van der Waals surface area contributed by atoms with Crippen LogP contribution in [0.15, 0.2) is 28.7 Å². The van der Waals surface area contributed by atoms with Crippen molar-refractivity contribution >= 4 is 28.8 Å². The third-order valence-corrected chi connectivity index (χ3v) is 4.17. The molecule has 6 nitrogen and oxygen atoms in total. The fourth-order valence-corrected chi connectivity index (χ4v) is 2.99. The maximum atomic E-state index is 12.0. The molecule has 106 valence electrons. The molecule has 1 aromatic heterocycles. The maximum absolute atomic E-state index is 12.0. The summed E-state index contributed by atoms with van der Waals surface area (Å²) in [7, 11) is 0. The molecule has 2 heterocycles. The van der Waals surface area contributed by atoms with Gasteiger partial charge in [0.25, 0.3) is 0 Å². The Bertz CT molecular complexity index is 785. The number of piperidine rings is 1. The molecule has 1 N–H and O–H groups in total. The minimum Gasteiger partial charge on any atom is -0.475 e. The molecule has 1 aliphatic carbocycles. The van der Waals surface area contributed by atoms with Crippen LogP contribution in [0.1, 0.15) is 22.5 Å². The standard InChI is InChI=1S/C15H11NO5/c17-13-8-5-9(8)14(18)16(13)6-10-7-3-1-2-4-11(7)21-12(10)15(19)20/h1-4,8-9H,5-6H2,(H,19,20). The molecule has 2 unspecified atom stereocenters. The van der Waals surface area contributed by atoms with E-state index in [1.807, 2.05) is 0 Å². The number of fused-ring (bicyclic) bond motifs is 2. The molecule has 1 aromatic carbocycles. The van der Waals surface area contributed by atoms with E-state index in [2.05, 4.69) is 0 Å². The first kappa shape index (κ1) is 12.1. The van der Waals surface area contributed by atoms with E-state index in [9.17, 15) is 19.5 Å². The fourth-order valence-electron chi connectivity index (χ4n) is 2.99. The second-order valence-corrected chi connectivity index (χ2v) is 5.42. The molecule has 0 bridgehead atoms. The van der Waals surface area contributed by atoms with Crippen LogP contribution in [0.5, 0.6) is 0 Å². The van der Waals surface area contributed by atoms with Gasteiger partial charge in [-0.25, -0.2) is 4.79 Å². The van der Waals surface area contributed by atoms with Crippen molar-refractivity contribution in [3.63, 3.8) is 0 Å². The number of carbonyl (C=O) groups excluding carboxylic acids is 2. The van der Waals surface area contributed by atoms with Crippen molar-refractivity contribution in [2.24, 2.45) is 11.8 Å². The molecular formula is C15H11NO5. The summed E-state index contributed by atoms with van der Waals surface area (Å²) in [6.07, 6.45) is 0.631. The molecular weight excluding hydrogens is 274 g/mol. The van der Waals surface area contributed by atoms with E-state index in [4.69, 9.17) is 4.42 Å². The van der Waals surface area contributed by atoms with Crippen LogP contribution in [0, 0.1) is 11.8 Å². The van der Waals surface area contributed by atoms with Crippen LogP contribution >= 0.6 is 0 Å². The zero-order chi connectivity index (χ0) is 14.7. The van der Waals surface area contributed by atoms with Crippen LogP contribution in [-0.2, 0) is 16.1 Å². The van der Waals surface area contributed by atoms with Crippen LogP contribution in [0.4, 0.5) is 0 Å². The Hall–Kier alpha value is -2.63. The van der Waals surface area contributed by atoms with Gasteiger partial charge in [0, 0.05) is 10.9 Å². The smallest absolute Gasteiger partial charge is 0.372 e. The average Bonchev–Trinajstić information content (AvgIpc) is 3.13. The quantitative estimate of drug-likeness (QED) is 0.866. The summed E-state index contributed by atoms with van der Waals surface area (Å²) in [5.41, 5.74) is 0.815. The van der Waals surface area contributed by atoms with E-state index in [0.717, 1.165) is 4.90 Å². The summed E-state index contributed by atoms with van der Waals surface area (Å²) in [5, 5.41) is 9.87. The average molecular weight is 285 g/mol. The Balaban J connectivity index is 1.79. The number of likely N-dealkylation sites (tertiary alicyclic amines) is 1. The van der Waals surface area contributed by atoms with Gasteiger partial charge in [-0.15, -0.1) is 0 Å². The highest BCUT2D eigenvalue weighted by Gasteiger charge is 2.58. The summed E-state index contributed by atoms with van der Waals surface area (Å²) in [6, 6.07) is 6.89. The van der Waals surface area contributed by atoms with Gasteiger partial charge in [-0.1, -0.05) is 18.2 Å². The zero-order valence-corrected chi connectivity index (χ0v) is 10.9. The van der Waals surface area contributed by atoms with Crippen molar-refractivity contribution in [1.29, 1.82) is 0 Å². The van der Waals surface area contributed by atoms with Gasteiger partial charge in [-0.05, 0) is 12.5 Å². The largest absolute Gasteiger partial charge is 0.475 e. The topological polar surface area (TPSA) is 87.8 Å². The van der Waals surface area contributed by atoms with Crippen molar-refractivity contribution in [3.05, 3.63) is 35.6 Å². The summed E-state index contributed by atoms with van der Waals surface area (Å²) >= 11 is 0. The van der Waals surface area contributed by atoms with Gasteiger partial charge in [0.1, 0.15) is 5.58 Å². The second-order valence-electron chi connectivity index (χ2n) is 5.42. The molecule has 2 aliphatic rings. The van der Waals surface area contributed by atoms with Crippen molar-refractivity contribution in [1.82, 2.24) is 4.90 Å². The minimum absolute atomic E-state index is 0.0384. The lowest BCUT2D eigenvalue weighted by Gasteiger charge is -2.15. The highest BCUT2D eigenvalue weighted by Crippen LogP contribution is 2.47. The maximum Gasteiger partial charge on any atom is 0.372 e. The van der Waals surface area contributed by atoms with E-state index in [1.165, 1.54) is 0 Å². The van der Waals surface area contributed by atoms with Gasteiger partial charge in [-0.3, -0.25) is 14.5 Å². The molecule has 1 saturated heterocycles.